The molecule has 0 saturated carbocycles. The second kappa shape index (κ2) is 11.3. The van der Waals surface area contributed by atoms with Crippen LogP contribution in [0.3, 0.4) is 0 Å². The summed E-state index contributed by atoms with van der Waals surface area (Å²) in [4.78, 5) is 32.4. The quantitative estimate of drug-likeness (QED) is 0.458. The number of hydrogen-bond acceptors (Lipinski definition) is 6. The summed E-state index contributed by atoms with van der Waals surface area (Å²) in [6, 6.07) is 13.5. The van der Waals surface area contributed by atoms with Crippen LogP contribution >= 0.6 is 0 Å². The van der Waals surface area contributed by atoms with Crippen LogP contribution in [0.1, 0.15) is 15.9 Å². The van der Waals surface area contributed by atoms with Crippen LogP contribution in [-0.2, 0) is 11.3 Å². The lowest BCUT2D eigenvalue weighted by Gasteiger charge is -2.10. The molecule has 2 aromatic heterocycles. The number of amides is 3. The highest BCUT2D eigenvalue weighted by Crippen LogP contribution is 2.13. The summed E-state index contributed by atoms with van der Waals surface area (Å²) in [5.41, 5.74) is 2.52. The van der Waals surface area contributed by atoms with Crippen molar-refractivity contribution >= 4 is 23.3 Å². The van der Waals surface area contributed by atoms with Gasteiger partial charge in [0.1, 0.15) is 6.61 Å². The SMILES string of the molecule is COCCOc1ccc(NC(=O)NCc2cccc(NC(=O)c3ccncc3)c2)cn1. The number of ether oxygens (including phenoxy) is 2. The summed E-state index contributed by atoms with van der Waals surface area (Å²) in [6.45, 7) is 1.16. The fourth-order valence-corrected chi connectivity index (χ4v) is 2.59. The van der Waals surface area contributed by atoms with Gasteiger partial charge in [-0.15, -0.1) is 0 Å². The summed E-state index contributed by atoms with van der Waals surface area (Å²) in [7, 11) is 1.59. The van der Waals surface area contributed by atoms with Crippen molar-refractivity contribution in [2.24, 2.45) is 0 Å². The molecule has 0 atom stereocenters. The van der Waals surface area contributed by atoms with E-state index in [9.17, 15) is 9.59 Å². The maximum atomic E-state index is 12.3. The van der Waals surface area contributed by atoms with Gasteiger partial charge >= 0.3 is 6.03 Å². The van der Waals surface area contributed by atoms with Crippen LogP contribution in [0.5, 0.6) is 5.88 Å². The Morgan fingerprint density at radius 2 is 1.81 bits per heavy atom. The molecule has 3 N–H and O–H groups in total. The van der Waals surface area contributed by atoms with Crippen molar-refractivity contribution in [2.75, 3.05) is 31.0 Å². The van der Waals surface area contributed by atoms with Crippen molar-refractivity contribution < 1.29 is 19.1 Å². The molecule has 3 amide bonds. The van der Waals surface area contributed by atoms with Crippen LogP contribution < -0.4 is 20.7 Å². The molecule has 0 bridgehead atoms. The Bertz CT molecular complexity index is 996. The first kappa shape index (κ1) is 21.7. The molecule has 3 rings (SSSR count). The maximum absolute atomic E-state index is 12.3. The normalized spacial score (nSPS) is 10.2. The zero-order valence-corrected chi connectivity index (χ0v) is 17.0. The fourth-order valence-electron chi connectivity index (χ4n) is 2.59. The molecule has 2 heterocycles. The van der Waals surface area contributed by atoms with Gasteiger partial charge in [-0.2, -0.15) is 0 Å². The number of aromatic nitrogens is 2. The number of hydrogen-bond donors (Lipinski definition) is 3. The van der Waals surface area contributed by atoms with Crippen molar-refractivity contribution in [2.45, 2.75) is 6.54 Å². The summed E-state index contributed by atoms with van der Waals surface area (Å²) < 4.78 is 10.3. The second-order valence-corrected chi connectivity index (χ2v) is 6.42. The first-order chi connectivity index (χ1) is 15.1. The molecule has 0 aliphatic carbocycles. The molecule has 0 aliphatic heterocycles. The predicted molar refractivity (Wildman–Crippen MR) is 116 cm³/mol. The molecule has 0 radical (unpaired) electrons. The topological polar surface area (TPSA) is 114 Å². The third-order valence-electron chi connectivity index (χ3n) is 4.11. The molecule has 0 spiro atoms. The average Bonchev–Trinajstić information content (AvgIpc) is 2.80. The minimum atomic E-state index is -0.374. The predicted octanol–water partition coefficient (Wildman–Crippen LogP) is 3.08. The third-order valence-corrected chi connectivity index (χ3v) is 4.11. The Morgan fingerprint density at radius 3 is 2.55 bits per heavy atom. The van der Waals surface area contributed by atoms with E-state index in [1.165, 1.54) is 6.20 Å². The van der Waals surface area contributed by atoms with Crippen LogP contribution in [0.2, 0.25) is 0 Å². The molecular formula is C22H23N5O4. The van der Waals surface area contributed by atoms with Crippen molar-refractivity contribution in [3.05, 3.63) is 78.2 Å². The number of carbonyl (C=O) groups excluding carboxylic acids is 2. The highest BCUT2D eigenvalue weighted by molar-refractivity contribution is 6.04. The van der Waals surface area contributed by atoms with Crippen LogP contribution in [0.25, 0.3) is 0 Å². The highest BCUT2D eigenvalue weighted by Gasteiger charge is 2.07. The number of carbonyl (C=O) groups is 2. The highest BCUT2D eigenvalue weighted by atomic mass is 16.5. The van der Waals surface area contributed by atoms with E-state index in [1.807, 2.05) is 12.1 Å². The van der Waals surface area contributed by atoms with Gasteiger partial charge in [-0.3, -0.25) is 9.78 Å². The standard InChI is InChI=1S/C22H23N5O4/c1-30-11-12-31-20-6-5-19(15-24-20)27-22(29)25-14-16-3-2-4-18(13-16)26-21(28)17-7-9-23-10-8-17/h2-10,13,15H,11-12,14H2,1H3,(H,26,28)(H2,25,27,29). The molecule has 0 fully saturated rings. The second-order valence-electron chi connectivity index (χ2n) is 6.42. The summed E-state index contributed by atoms with van der Waals surface area (Å²) >= 11 is 0. The van der Waals surface area contributed by atoms with E-state index >= 15 is 0 Å². The average molecular weight is 421 g/mol. The molecule has 3 aromatic rings. The van der Waals surface area contributed by atoms with Crippen LogP contribution in [0.15, 0.2) is 67.1 Å². The van der Waals surface area contributed by atoms with E-state index in [2.05, 4.69) is 25.9 Å². The lowest BCUT2D eigenvalue weighted by atomic mass is 10.2. The lowest BCUT2D eigenvalue weighted by molar-refractivity contribution is 0.102. The van der Waals surface area contributed by atoms with Crippen molar-refractivity contribution in [1.82, 2.24) is 15.3 Å². The largest absolute Gasteiger partial charge is 0.475 e. The lowest BCUT2D eigenvalue weighted by Crippen LogP contribution is -2.28. The number of pyridine rings is 2. The smallest absolute Gasteiger partial charge is 0.319 e. The third kappa shape index (κ3) is 7.09. The maximum Gasteiger partial charge on any atom is 0.319 e. The van der Waals surface area contributed by atoms with Crippen molar-refractivity contribution in [1.29, 1.82) is 0 Å². The monoisotopic (exact) mass is 421 g/mol. The minimum Gasteiger partial charge on any atom is -0.475 e. The zero-order chi connectivity index (χ0) is 21.9. The Morgan fingerprint density at radius 1 is 0.968 bits per heavy atom. The fraction of sp³-hybridized carbons (Fsp3) is 0.182. The number of rotatable bonds is 9. The van der Waals surface area contributed by atoms with Gasteiger partial charge in [0.15, 0.2) is 0 Å². The van der Waals surface area contributed by atoms with Gasteiger partial charge in [-0.1, -0.05) is 12.1 Å². The Balaban J connectivity index is 1.48. The van der Waals surface area contributed by atoms with E-state index in [4.69, 9.17) is 9.47 Å². The number of anilines is 2. The van der Waals surface area contributed by atoms with Gasteiger partial charge in [0, 0.05) is 43.4 Å². The Labute approximate surface area is 179 Å². The number of benzene rings is 1. The summed E-state index contributed by atoms with van der Waals surface area (Å²) in [6.07, 6.45) is 4.63. The van der Waals surface area contributed by atoms with E-state index in [0.717, 1.165) is 5.56 Å². The first-order valence-electron chi connectivity index (χ1n) is 9.57. The molecule has 1 aromatic carbocycles. The van der Waals surface area contributed by atoms with Crippen LogP contribution in [0.4, 0.5) is 16.2 Å². The number of nitrogens with zero attached hydrogens (tertiary/aromatic N) is 2. The molecule has 9 nitrogen and oxygen atoms in total. The van der Waals surface area contributed by atoms with E-state index in [-0.39, 0.29) is 18.5 Å². The van der Waals surface area contributed by atoms with Crippen molar-refractivity contribution in [3.63, 3.8) is 0 Å². The number of urea groups is 1. The zero-order valence-electron chi connectivity index (χ0n) is 17.0. The number of methoxy groups -OCH3 is 1. The van der Waals surface area contributed by atoms with Gasteiger partial charge in [0.2, 0.25) is 5.88 Å². The van der Waals surface area contributed by atoms with Gasteiger partial charge in [-0.05, 0) is 35.9 Å². The molecule has 9 heteroatoms. The molecule has 160 valence electrons. The first-order valence-corrected chi connectivity index (χ1v) is 9.57. The molecule has 31 heavy (non-hydrogen) atoms. The number of nitrogens with one attached hydrogen (secondary N) is 3. The van der Waals surface area contributed by atoms with E-state index in [0.29, 0.717) is 36.0 Å². The minimum absolute atomic E-state index is 0.229. The molecule has 0 aliphatic rings. The Hall–Kier alpha value is -3.98. The molecular weight excluding hydrogens is 398 g/mol. The molecule has 0 saturated heterocycles. The van der Waals surface area contributed by atoms with Crippen LogP contribution in [-0.4, -0.2) is 42.2 Å². The van der Waals surface area contributed by atoms with Gasteiger partial charge in [0.05, 0.1) is 18.5 Å². The Kier molecular flexibility index (Phi) is 7.90. The summed E-state index contributed by atoms with van der Waals surface area (Å²) in [5, 5.41) is 8.30. The molecule has 0 unspecified atom stereocenters. The van der Waals surface area contributed by atoms with Gasteiger partial charge in [0.25, 0.3) is 5.91 Å². The van der Waals surface area contributed by atoms with Gasteiger partial charge < -0.3 is 25.4 Å². The van der Waals surface area contributed by atoms with Gasteiger partial charge in [-0.25, -0.2) is 9.78 Å². The van der Waals surface area contributed by atoms with Crippen LogP contribution in [0, 0.1) is 0 Å². The van der Waals surface area contributed by atoms with Crippen molar-refractivity contribution in [3.8, 4) is 5.88 Å². The van der Waals surface area contributed by atoms with E-state index in [1.54, 1.807) is 55.9 Å². The van der Waals surface area contributed by atoms with E-state index < -0.39 is 0 Å². The summed E-state index contributed by atoms with van der Waals surface area (Å²) in [5.74, 6) is 0.223.